The Morgan fingerprint density at radius 1 is 1.33 bits per heavy atom. The molecule has 0 bridgehead atoms. The summed E-state index contributed by atoms with van der Waals surface area (Å²) in [7, 11) is 0. The maximum Gasteiger partial charge on any atom is 0.429 e. The van der Waals surface area contributed by atoms with Gasteiger partial charge in [-0.3, -0.25) is 4.79 Å². The minimum Gasteiger partial charge on any atom is -0.372 e. The highest BCUT2D eigenvalue weighted by molar-refractivity contribution is 5.90. The Kier molecular flexibility index (Phi) is 3.14. The molecule has 0 unspecified atom stereocenters. The molecule has 94 valence electrons. The molecule has 18 heavy (non-hydrogen) atoms. The van der Waals surface area contributed by atoms with Crippen LogP contribution < -0.4 is 11.4 Å². The van der Waals surface area contributed by atoms with Crippen molar-refractivity contribution in [2.24, 2.45) is 0 Å². The molecule has 0 fully saturated rings. The van der Waals surface area contributed by atoms with Crippen LogP contribution in [0.1, 0.15) is 30.1 Å². The average molecular weight is 247 g/mol. The molecule has 0 radical (unpaired) electrons. The number of carbonyl (C=O) groups is 1. The van der Waals surface area contributed by atoms with E-state index in [1.54, 1.807) is 18.2 Å². The number of hydrogen-bond donors (Lipinski definition) is 0. The van der Waals surface area contributed by atoms with Crippen molar-refractivity contribution in [1.29, 1.82) is 0 Å². The Morgan fingerprint density at radius 2 is 2.06 bits per heavy atom. The van der Waals surface area contributed by atoms with Crippen molar-refractivity contribution < 1.29 is 9.21 Å². The first-order valence-electron chi connectivity index (χ1n) is 5.74. The number of carbonyl (C=O) groups excluding carboxylic acids is 1. The first kappa shape index (κ1) is 12.3. The summed E-state index contributed by atoms with van der Waals surface area (Å²) in [6.07, 6.45) is 0.856. The monoisotopic (exact) mass is 247 g/mol. The average Bonchev–Trinajstić information content (AvgIpc) is 2.28. The number of fused-ring (bicyclic) bond motifs is 1. The minimum atomic E-state index is -0.920. The summed E-state index contributed by atoms with van der Waals surface area (Å²) in [4.78, 5) is 35.1. The van der Waals surface area contributed by atoms with Crippen LogP contribution in [0.2, 0.25) is 0 Å². The van der Waals surface area contributed by atoms with Crippen molar-refractivity contribution >= 4 is 16.8 Å². The van der Waals surface area contributed by atoms with Crippen molar-refractivity contribution in [3.05, 3.63) is 44.7 Å². The van der Waals surface area contributed by atoms with Crippen LogP contribution in [0.4, 0.5) is 0 Å². The van der Waals surface area contributed by atoms with Gasteiger partial charge in [0.1, 0.15) is 0 Å². The molecule has 5 heteroatoms. The van der Waals surface area contributed by atoms with E-state index in [0.717, 1.165) is 10.1 Å². The van der Waals surface area contributed by atoms with E-state index in [0.29, 0.717) is 11.9 Å². The van der Waals surface area contributed by atoms with E-state index in [-0.39, 0.29) is 17.7 Å². The summed E-state index contributed by atoms with van der Waals surface area (Å²) >= 11 is 0. The predicted octanol–water partition coefficient (Wildman–Crippen LogP) is 1.70. The van der Waals surface area contributed by atoms with Gasteiger partial charge in [-0.2, -0.15) is 0 Å². The summed E-state index contributed by atoms with van der Waals surface area (Å²) in [5.74, 6) is -1.28. The van der Waals surface area contributed by atoms with Gasteiger partial charge in [0.15, 0.2) is 0 Å². The van der Waals surface area contributed by atoms with Gasteiger partial charge in [-0.05, 0) is 31.0 Å². The Bertz CT molecular complexity index is 724. The molecule has 0 aliphatic carbocycles. The molecule has 0 spiro atoms. The van der Waals surface area contributed by atoms with E-state index in [1.807, 2.05) is 13.8 Å². The van der Waals surface area contributed by atoms with E-state index in [2.05, 4.69) is 4.42 Å². The topological polar surface area (TPSA) is 69.3 Å². The third-order valence-electron chi connectivity index (χ3n) is 2.69. The fraction of sp³-hybridized carbons (Fsp3) is 0.308. The van der Waals surface area contributed by atoms with Crippen molar-refractivity contribution in [3.63, 3.8) is 0 Å². The SMILES string of the molecule is CCCC(=O)n1c(=O)oc(=O)c2ccc(C)cc21. The molecular weight excluding hydrogens is 234 g/mol. The predicted molar refractivity (Wildman–Crippen MR) is 67.0 cm³/mol. The van der Waals surface area contributed by atoms with Crippen molar-refractivity contribution in [3.8, 4) is 0 Å². The first-order valence-corrected chi connectivity index (χ1v) is 5.74. The Morgan fingerprint density at radius 3 is 2.72 bits per heavy atom. The molecule has 0 amide bonds. The lowest BCUT2D eigenvalue weighted by Crippen LogP contribution is -2.30. The highest BCUT2D eigenvalue weighted by Crippen LogP contribution is 2.11. The van der Waals surface area contributed by atoms with Crippen LogP contribution in [0.25, 0.3) is 10.9 Å². The molecule has 5 nitrogen and oxygen atoms in total. The van der Waals surface area contributed by atoms with Crippen molar-refractivity contribution in [2.45, 2.75) is 26.7 Å². The van der Waals surface area contributed by atoms with Crippen LogP contribution >= 0.6 is 0 Å². The molecule has 1 aromatic carbocycles. The van der Waals surface area contributed by atoms with Crippen LogP contribution in [0, 0.1) is 6.92 Å². The first-order chi connectivity index (χ1) is 8.54. The molecule has 2 aromatic rings. The molecule has 1 aromatic heterocycles. The lowest BCUT2D eigenvalue weighted by Gasteiger charge is -2.06. The number of aromatic nitrogens is 1. The molecule has 1 heterocycles. The number of hydrogen-bond acceptors (Lipinski definition) is 4. The van der Waals surface area contributed by atoms with Gasteiger partial charge in [0, 0.05) is 6.42 Å². The highest BCUT2D eigenvalue weighted by atomic mass is 16.4. The summed E-state index contributed by atoms with van der Waals surface area (Å²) in [6.45, 7) is 3.67. The van der Waals surface area contributed by atoms with Crippen molar-refractivity contribution in [2.75, 3.05) is 0 Å². The number of benzene rings is 1. The van der Waals surface area contributed by atoms with Crippen LogP contribution in [-0.4, -0.2) is 10.5 Å². The van der Waals surface area contributed by atoms with E-state index >= 15 is 0 Å². The smallest absolute Gasteiger partial charge is 0.372 e. The molecular formula is C13H13NO4. The zero-order valence-electron chi connectivity index (χ0n) is 10.2. The molecule has 0 aliphatic rings. The second-order valence-electron chi connectivity index (χ2n) is 4.16. The standard InChI is InChI=1S/C13H13NO4/c1-3-4-11(15)14-10-7-8(2)5-6-9(10)12(16)18-13(14)17/h5-7H,3-4H2,1-2H3. The third kappa shape index (κ3) is 1.99. The zero-order valence-corrected chi connectivity index (χ0v) is 10.2. The van der Waals surface area contributed by atoms with Gasteiger partial charge in [0.05, 0.1) is 10.9 Å². The maximum absolute atomic E-state index is 11.9. The van der Waals surface area contributed by atoms with Gasteiger partial charge < -0.3 is 4.42 Å². The second kappa shape index (κ2) is 4.60. The van der Waals surface area contributed by atoms with Crippen LogP contribution in [0.5, 0.6) is 0 Å². The largest absolute Gasteiger partial charge is 0.429 e. The fourth-order valence-electron chi connectivity index (χ4n) is 1.84. The molecule has 0 N–H and O–H groups in total. The Hall–Kier alpha value is -2.17. The lowest BCUT2D eigenvalue weighted by atomic mass is 10.1. The van der Waals surface area contributed by atoms with Crippen LogP contribution in [0.15, 0.2) is 32.2 Å². The van der Waals surface area contributed by atoms with Gasteiger partial charge in [-0.25, -0.2) is 14.2 Å². The number of aryl methyl sites for hydroxylation is 1. The summed E-state index contributed by atoms with van der Waals surface area (Å²) in [6, 6.07) is 4.94. The highest BCUT2D eigenvalue weighted by Gasteiger charge is 2.14. The van der Waals surface area contributed by atoms with E-state index in [9.17, 15) is 14.4 Å². The second-order valence-corrected chi connectivity index (χ2v) is 4.16. The minimum absolute atomic E-state index is 0.233. The molecule has 0 saturated carbocycles. The molecule has 0 aliphatic heterocycles. The van der Waals surface area contributed by atoms with Crippen LogP contribution in [0.3, 0.4) is 0 Å². The summed E-state index contributed by atoms with van der Waals surface area (Å²) < 4.78 is 5.50. The maximum atomic E-state index is 11.9. The van der Waals surface area contributed by atoms with Crippen LogP contribution in [-0.2, 0) is 0 Å². The zero-order chi connectivity index (χ0) is 13.3. The fourth-order valence-corrected chi connectivity index (χ4v) is 1.84. The van der Waals surface area contributed by atoms with Gasteiger partial charge in [0.25, 0.3) is 0 Å². The Balaban J connectivity index is 2.87. The lowest BCUT2D eigenvalue weighted by molar-refractivity contribution is 0.0892. The normalized spacial score (nSPS) is 10.8. The van der Waals surface area contributed by atoms with Gasteiger partial charge >= 0.3 is 11.4 Å². The van der Waals surface area contributed by atoms with E-state index in [4.69, 9.17) is 0 Å². The molecule has 2 rings (SSSR count). The van der Waals surface area contributed by atoms with Gasteiger partial charge in [-0.15, -0.1) is 0 Å². The third-order valence-corrected chi connectivity index (χ3v) is 2.69. The molecule has 0 saturated heterocycles. The van der Waals surface area contributed by atoms with Crippen molar-refractivity contribution in [1.82, 2.24) is 4.57 Å². The van der Waals surface area contributed by atoms with E-state index < -0.39 is 11.4 Å². The quantitative estimate of drug-likeness (QED) is 0.810. The molecule has 0 atom stereocenters. The number of rotatable bonds is 2. The summed E-state index contributed by atoms with van der Waals surface area (Å²) in [5.41, 5.74) is 0.468. The summed E-state index contributed by atoms with van der Waals surface area (Å²) in [5, 5.41) is 0.240. The van der Waals surface area contributed by atoms with Gasteiger partial charge in [0.2, 0.25) is 5.91 Å². The Labute approximate surface area is 103 Å². The number of nitrogens with zero attached hydrogens (tertiary/aromatic N) is 1. The van der Waals surface area contributed by atoms with Gasteiger partial charge in [-0.1, -0.05) is 13.0 Å². The van der Waals surface area contributed by atoms with E-state index in [1.165, 1.54) is 0 Å².